The van der Waals surface area contributed by atoms with Crippen molar-refractivity contribution >= 4 is 15.8 Å². The van der Waals surface area contributed by atoms with Crippen LogP contribution in [0.25, 0.3) is 0 Å². The number of halogens is 1. The Labute approximate surface area is 119 Å². The van der Waals surface area contributed by atoms with Gasteiger partial charge in [-0.3, -0.25) is 4.79 Å². The molecule has 0 aromatic heterocycles. The van der Waals surface area contributed by atoms with Crippen molar-refractivity contribution in [3.8, 4) is 0 Å². The van der Waals surface area contributed by atoms with Crippen molar-refractivity contribution in [2.45, 2.75) is 45.6 Å². The number of sulfonamides is 1. The highest BCUT2D eigenvalue weighted by Gasteiger charge is 2.27. The molecular formula is C14H20FNO3S. The third-order valence-electron chi connectivity index (χ3n) is 2.56. The molecule has 0 radical (unpaired) electrons. The van der Waals surface area contributed by atoms with E-state index in [-0.39, 0.29) is 16.5 Å². The lowest BCUT2D eigenvalue weighted by atomic mass is 9.86. The molecule has 0 spiro atoms. The fourth-order valence-corrected chi connectivity index (χ4v) is 2.90. The Kier molecular flexibility index (Phi) is 4.71. The van der Waals surface area contributed by atoms with E-state index in [9.17, 15) is 17.6 Å². The maximum absolute atomic E-state index is 13.8. The number of nitrogens with one attached hydrogen (secondary N) is 1. The largest absolute Gasteiger partial charge is 0.293 e. The average Bonchev–Trinajstić information content (AvgIpc) is 2.25. The molecule has 0 atom stereocenters. The second kappa shape index (κ2) is 5.61. The highest BCUT2D eigenvalue weighted by Crippen LogP contribution is 2.24. The summed E-state index contributed by atoms with van der Waals surface area (Å²) in [6.45, 7) is 8.33. The fourth-order valence-electron chi connectivity index (χ4n) is 1.63. The molecule has 0 amide bonds. The van der Waals surface area contributed by atoms with Gasteiger partial charge in [-0.2, -0.15) is 0 Å². The predicted octanol–water partition coefficient (Wildman–Crippen LogP) is 2.74. The summed E-state index contributed by atoms with van der Waals surface area (Å²) in [5, 5.41) is 0. The number of benzene rings is 1. The van der Waals surface area contributed by atoms with Gasteiger partial charge in [-0.1, -0.05) is 20.8 Å². The minimum absolute atomic E-state index is 0.111. The van der Waals surface area contributed by atoms with E-state index >= 15 is 0 Å². The number of rotatable bonds is 4. The number of hydrogen-bond acceptors (Lipinski definition) is 3. The third kappa shape index (κ3) is 3.86. The molecule has 0 saturated heterocycles. The molecule has 0 saturated carbocycles. The Morgan fingerprint density at radius 2 is 1.80 bits per heavy atom. The smallest absolute Gasteiger partial charge is 0.240 e. The van der Waals surface area contributed by atoms with Crippen LogP contribution < -0.4 is 4.72 Å². The van der Waals surface area contributed by atoms with E-state index in [2.05, 4.69) is 4.72 Å². The van der Waals surface area contributed by atoms with E-state index < -0.39 is 27.0 Å². The highest BCUT2D eigenvalue weighted by molar-refractivity contribution is 7.89. The zero-order valence-corrected chi connectivity index (χ0v) is 13.1. The molecule has 0 aliphatic heterocycles. The Bertz CT molecular complexity index is 616. The van der Waals surface area contributed by atoms with Crippen molar-refractivity contribution in [1.82, 2.24) is 4.72 Å². The van der Waals surface area contributed by atoms with Crippen LogP contribution in [0.2, 0.25) is 0 Å². The minimum atomic E-state index is -3.75. The molecule has 0 bridgehead atoms. The molecule has 1 rings (SSSR count). The zero-order chi connectivity index (χ0) is 15.7. The van der Waals surface area contributed by atoms with Gasteiger partial charge in [-0.25, -0.2) is 17.5 Å². The first kappa shape index (κ1) is 16.8. The number of carbonyl (C=O) groups excluding carboxylic acids is 1. The Balaban J connectivity index is 3.33. The summed E-state index contributed by atoms with van der Waals surface area (Å²) in [5.41, 5.74) is -0.988. The minimum Gasteiger partial charge on any atom is -0.293 e. The predicted molar refractivity (Wildman–Crippen MR) is 75.6 cm³/mol. The SMILES string of the molecule is CC(C)NS(=O)(=O)c1ccc(F)c(C(=O)C(C)(C)C)c1. The third-order valence-corrected chi connectivity index (χ3v) is 4.22. The van der Waals surface area contributed by atoms with Gasteiger partial charge in [-0.15, -0.1) is 0 Å². The number of Topliss-reactive ketones (excluding diaryl/α,β-unsaturated/α-hetero) is 1. The van der Waals surface area contributed by atoms with E-state index in [0.717, 1.165) is 18.2 Å². The maximum atomic E-state index is 13.8. The lowest BCUT2D eigenvalue weighted by Crippen LogP contribution is -2.30. The summed E-state index contributed by atoms with van der Waals surface area (Å²) in [4.78, 5) is 12.0. The maximum Gasteiger partial charge on any atom is 0.240 e. The first-order valence-electron chi connectivity index (χ1n) is 6.32. The Hall–Kier alpha value is -1.27. The lowest BCUT2D eigenvalue weighted by Gasteiger charge is -2.18. The Morgan fingerprint density at radius 3 is 2.25 bits per heavy atom. The van der Waals surface area contributed by atoms with Crippen molar-refractivity contribution in [2.75, 3.05) is 0 Å². The number of hydrogen-bond donors (Lipinski definition) is 1. The molecule has 0 aliphatic carbocycles. The van der Waals surface area contributed by atoms with E-state index in [1.54, 1.807) is 34.6 Å². The molecule has 4 nitrogen and oxygen atoms in total. The van der Waals surface area contributed by atoms with Crippen LogP contribution in [0.5, 0.6) is 0 Å². The number of ketones is 1. The van der Waals surface area contributed by atoms with Crippen LogP contribution >= 0.6 is 0 Å². The van der Waals surface area contributed by atoms with Crippen LogP contribution in [0.4, 0.5) is 4.39 Å². The molecule has 0 fully saturated rings. The molecule has 1 aromatic rings. The summed E-state index contributed by atoms with van der Waals surface area (Å²) in [6, 6.07) is 2.97. The van der Waals surface area contributed by atoms with Crippen molar-refractivity contribution in [3.05, 3.63) is 29.6 Å². The highest BCUT2D eigenvalue weighted by atomic mass is 32.2. The van der Waals surface area contributed by atoms with Crippen LogP contribution in [0.15, 0.2) is 23.1 Å². The van der Waals surface area contributed by atoms with Gasteiger partial charge in [0, 0.05) is 11.5 Å². The summed E-state index contributed by atoms with van der Waals surface area (Å²) < 4.78 is 40.2. The molecule has 1 aromatic carbocycles. The average molecular weight is 301 g/mol. The molecular weight excluding hydrogens is 281 g/mol. The van der Waals surface area contributed by atoms with E-state index in [4.69, 9.17) is 0 Å². The van der Waals surface area contributed by atoms with Gasteiger partial charge in [0.05, 0.1) is 10.5 Å². The molecule has 112 valence electrons. The van der Waals surface area contributed by atoms with Gasteiger partial charge in [0.2, 0.25) is 10.0 Å². The van der Waals surface area contributed by atoms with Crippen LogP contribution in [0.3, 0.4) is 0 Å². The summed E-state index contributed by atoms with van der Waals surface area (Å²) >= 11 is 0. The summed E-state index contributed by atoms with van der Waals surface area (Å²) in [7, 11) is -3.75. The second-order valence-corrected chi connectivity index (χ2v) is 7.71. The fraction of sp³-hybridized carbons (Fsp3) is 0.500. The quantitative estimate of drug-likeness (QED) is 0.870. The lowest BCUT2D eigenvalue weighted by molar-refractivity contribution is 0.0853. The van der Waals surface area contributed by atoms with E-state index in [1.165, 1.54) is 0 Å². The second-order valence-electron chi connectivity index (χ2n) is 6.00. The van der Waals surface area contributed by atoms with Gasteiger partial charge in [-0.05, 0) is 32.0 Å². The normalized spacial score (nSPS) is 12.8. The molecule has 20 heavy (non-hydrogen) atoms. The first-order valence-corrected chi connectivity index (χ1v) is 7.80. The standard InChI is InChI=1S/C14H20FNO3S/c1-9(2)16-20(18,19)10-6-7-12(15)11(8-10)13(17)14(3,4)5/h6-9,16H,1-5H3. The van der Waals surface area contributed by atoms with E-state index in [0.29, 0.717) is 0 Å². The van der Waals surface area contributed by atoms with Crippen LogP contribution in [0.1, 0.15) is 45.0 Å². The van der Waals surface area contributed by atoms with Gasteiger partial charge in [0.1, 0.15) is 5.82 Å². The van der Waals surface area contributed by atoms with Crippen molar-refractivity contribution < 1.29 is 17.6 Å². The van der Waals surface area contributed by atoms with Crippen molar-refractivity contribution in [1.29, 1.82) is 0 Å². The zero-order valence-electron chi connectivity index (χ0n) is 12.3. The first-order chi connectivity index (χ1) is 8.95. The molecule has 1 N–H and O–H groups in total. The molecule has 0 unspecified atom stereocenters. The van der Waals surface area contributed by atoms with Gasteiger partial charge in [0.15, 0.2) is 5.78 Å². The Morgan fingerprint density at radius 1 is 1.25 bits per heavy atom. The summed E-state index contributed by atoms with van der Waals surface area (Å²) in [6.07, 6.45) is 0. The van der Waals surface area contributed by atoms with E-state index in [1.807, 2.05) is 0 Å². The van der Waals surface area contributed by atoms with Gasteiger partial charge >= 0.3 is 0 Å². The van der Waals surface area contributed by atoms with Crippen LogP contribution in [-0.2, 0) is 10.0 Å². The van der Waals surface area contributed by atoms with Crippen molar-refractivity contribution in [3.63, 3.8) is 0 Å². The van der Waals surface area contributed by atoms with Crippen LogP contribution in [0, 0.1) is 11.2 Å². The number of carbonyl (C=O) groups is 1. The molecule has 0 heterocycles. The topological polar surface area (TPSA) is 63.2 Å². The molecule has 0 aliphatic rings. The summed E-state index contributed by atoms with van der Waals surface area (Å²) in [5.74, 6) is -1.15. The van der Waals surface area contributed by atoms with Crippen molar-refractivity contribution in [2.24, 2.45) is 5.41 Å². The van der Waals surface area contributed by atoms with Gasteiger partial charge < -0.3 is 0 Å². The molecule has 6 heteroatoms. The van der Waals surface area contributed by atoms with Gasteiger partial charge in [0.25, 0.3) is 0 Å². The monoisotopic (exact) mass is 301 g/mol. The van der Waals surface area contributed by atoms with Crippen LogP contribution in [-0.4, -0.2) is 20.2 Å².